The van der Waals surface area contributed by atoms with E-state index in [0.717, 1.165) is 18.6 Å². The molecule has 0 saturated carbocycles. The van der Waals surface area contributed by atoms with E-state index in [1.807, 2.05) is 12.1 Å². The van der Waals surface area contributed by atoms with Crippen LogP contribution in [0.25, 0.3) is 0 Å². The largest absolute Gasteiger partial charge is 0.497 e. The maximum atomic E-state index is 6.52. The van der Waals surface area contributed by atoms with Crippen molar-refractivity contribution < 1.29 is 4.74 Å². The van der Waals surface area contributed by atoms with Gasteiger partial charge in [0.05, 0.1) is 7.11 Å². The Labute approximate surface area is 121 Å². The van der Waals surface area contributed by atoms with Crippen molar-refractivity contribution in [2.45, 2.75) is 32.2 Å². The predicted octanol–water partition coefficient (Wildman–Crippen LogP) is 3.81. The van der Waals surface area contributed by atoms with Crippen molar-refractivity contribution >= 4 is 0 Å². The summed E-state index contributed by atoms with van der Waals surface area (Å²) in [5, 5.41) is 0. The van der Waals surface area contributed by atoms with Gasteiger partial charge in [-0.25, -0.2) is 0 Å². The average molecular weight is 269 g/mol. The number of ether oxygens (including phenoxy) is 1. The Kier molecular flexibility index (Phi) is 4.46. The number of nitrogens with two attached hydrogens (primary N) is 1. The molecule has 2 aromatic carbocycles. The molecule has 0 aliphatic rings. The summed E-state index contributed by atoms with van der Waals surface area (Å²) in [7, 11) is 1.68. The summed E-state index contributed by atoms with van der Waals surface area (Å²) in [6.45, 7) is 4.23. The lowest BCUT2D eigenvalue weighted by Crippen LogP contribution is -2.34. The van der Waals surface area contributed by atoms with E-state index in [9.17, 15) is 0 Å². The highest BCUT2D eigenvalue weighted by molar-refractivity contribution is 5.32. The first-order chi connectivity index (χ1) is 9.53. The molecule has 2 rings (SSSR count). The molecular formula is C18H23NO. The summed E-state index contributed by atoms with van der Waals surface area (Å²) in [6, 6.07) is 16.6. The van der Waals surface area contributed by atoms with Crippen molar-refractivity contribution in [3.05, 3.63) is 65.2 Å². The first-order valence-corrected chi connectivity index (χ1v) is 7.01. The minimum absolute atomic E-state index is 0.300. The molecule has 20 heavy (non-hydrogen) atoms. The van der Waals surface area contributed by atoms with Gasteiger partial charge in [-0.15, -0.1) is 0 Å². The van der Waals surface area contributed by atoms with Crippen molar-refractivity contribution in [3.8, 4) is 5.75 Å². The first-order valence-electron chi connectivity index (χ1n) is 7.01. The molecular weight excluding hydrogens is 246 g/mol. The summed E-state index contributed by atoms with van der Waals surface area (Å²) in [4.78, 5) is 0. The van der Waals surface area contributed by atoms with Gasteiger partial charge in [0.2, 0.25) is 0 Å². The van der Waals surface area contributed by atoms with Gasteiger partial charge >= 0.3 is 0 Å². The van der Waals surface area contributed by atoms with Crippen LogP contribution in [0.1, 0.15) is 30.0 Å². The summed E-state index contributed by atoms with van der Waals surface area (Å²) < 4.78 is 5.17. The van der Waals surface area contributed by atoms with E-state index in [-0.39, 0.29) is 5.54 Å². The first kappa shape index (κ1) is 14.6. The fourth-order valence-corrected chi connectivity index (χ4v) is 2.54. The minimum atomic E-state index is -0.300. The van der Waals surface area contributed by atoms with Gasteiger partial charge in [-0.05, 0) is 55.5 Å². The van der Waals surface area contributed by atoms with Gasteiger partial charge in [-0.3, -0.25) is 0 Å². The molecule has 0 heterocycles. The smallest absolute Gasteiger partial charge is 0.118 e. The van der Waals surface area contributed by atoms with Gasteiger partial charge in [0.15, 0.2) is 0 Å². The molecule has 0 bridgehead atoms. The van der Waals surface area contributed by atoms with Crippen LogP contribution in [-0.2, 0) is 12.0 Å². The molecule has 106 valence electrons. The predicted molar refractivity (Wildman–Crippen MR) is 84.0 cm³/mol. The number of hydrogen-bond acceptors (Lipinski definition) is 2. The Hall–Kier alpha value is -1.80. The van der Waals surface area contributed by atoms with Crippen molar-refractivity contribution in [1.29, 1.82) is 0 Å². The third kappa shape index (κ3) is 3.40. The summed E-state index contributed by atoms with van der Waals surface area (Å²) in [5.74, 6) is 0.892. The molecule has 1 unspecified atom stereocenters. The third-order valence-electron chi connectivity index (χ3n) is 3.85. The Morgan fingerprint density at radius 2 is 1.70 bits per heavy atom. The van der Waals surface area contributed by atoms with Gasteiger partial charge in [0.1, 0.15) is 5.75 Å². The van der Waals surface area contributed by atoms with Crippen molar-refractivity contribution in [2.75, 3.05) is 7.11 Å². The van der Waals surface area contributed by atoms with E-state index in [0.29, 0.717) is 0 Å². The van der Waals surface area contributed by atoms with Crippen LogP contribution >= 0.6 is 0 Å². The zero-order valence-corrected chi connectivity index (χ0v) is 12.5. The molecule has 0 amide bonds. The maximum Gasteiger partial charge on any atom is 0.118 e. The quantitative estimate of drug-likeness (QED) is 0.895. The van der Waals surface area contributed by atoms with Crippen LogP contribution in [0.5, 0.6) is 5.75 Å². The topological polar surface area (TPSA) is 35.2 Å². The van der Waals surface area contributed by atoms with E-state index in [2.05, 4.69) is 50.2 Å². The maximum absolute atomic E-state index is 6.52. The fourth-order valence-electron chi connectivity index (χ4n) is 2.54. The van der Waals surface area contributed by atoms with Crippen LogP contribution in [0.2, 0.25) is 0 Å². The lowest BCUT2D eigenvalue weighted by atomic mass is 9.84. The minimum Gasteiger partial charge on any atom is -0.497 e. The van der Waals surface area contributed by atoms with Crippen molar-refractivity contribution in [1.82, 2.24) is 0 Å². The highest BCUT2D eigenvalue weighted by Gasteiger charge is 2.22. The van der Waals surface area contributed by atoms with Gasteiger partial charge in [-0.1, -0.05) is 36.4 Å². The molecule has 0 aliphatic heterocycles. The second-order valence-corrected chi connectivity index (χ2v) is 5.58. The number of methoxy groups -OCH3 is 1. The molecule has 2 N–H and O–H groups in total. The van der Waals surface area contributed by atoms with Crippen LogP contribution in [0.3, 0.4) is 0 Å². The number of hydrogen-bond donors (Lipinski definition) is 1. The van der Waals surface area contributed by atoms with Gasteiger partial charge in [0, 0.05) is 5.54 Å². The van der Waals surface area contributed by atoms with E-state index >= 15 is 0 Å². The van der Waals surface area contributed by atoms with Crippen molar-refractivity contribution in [2.24, 2.45) is 5.73 Å². The Bertz CT molecular complexity index is 558. The van der Waals surface area contributed by atoms with Gasteiger partial charge < -0.3 is 10.5 Å². The Morgan fingerprint density at radius 1 is 1.05 bits per heavy atom. The van der Waals surface area contributed by atoms with Crippen LogP contribution in [0.4, 0.5) is 0 Å². The lowest BCUT2D eigenvalue weighted by molar-refractivity contribution is 0.414. The molecule has 2 heteroatoms. The zero-order valence-electron chi connectivity index (χ0n) is 12.5. The molecule has 0 aromatic heterocycles. The second kappa shape index (κ2) is 6.10. The Morgan fingerprint density at radius 3 is 2.30 bits per heavy atom. The normalized spacial score (nSPS) is 13.8. The summed E-state index contributed by atoms with van der Waals surface area (Å²) in [5.41, 5.74) is 9.99. The van der Waals surface area contributed by atoms with E-state index in [1.54, 1.807) is 7.11 Å². The van der Waals surface area contributed by atoms with Crippen LogP contribution in [0, 0.1) is 6.92 Å². The molecule has 2 nitrogen and oxygen atoms in total. The number of benzene rings is 2. The lowest BCUT2D eigenvalue weighted by Gasteiger charge is -2.27. The molecule has 0 saturated heterocycles. The number of aryl methyl sites for hydroxylation is 2. The summed E-state index contributed by atoms with van der Waals surface area (Å²) in [6.07, 6.45) is 1.88. The average Bonchev–Trinajstić information content (AvgIpc) is 2.46. The molecule has 1 atom stereocenters. The number of rotatable bonds is 5. The molecule has 0 radical (unpaired) electrons. The van der Waals surface area contributed by atoms with Crippen LogP contribution in [0.15, 0.2) is 48.5 Å². The standard InChI is InChI=1S/C18H23NO/c1-14-6-4-5-7-17(14)18(2,19)13-12-15-8-10-16(20-3)11-9-15/h4-11H,12-13,19H2,1-3H3. The highest BCUT2D eigenvalue weighted by Crippen LogP contribution is 2.26. The van der Waals surface area contributed by atoms with E-state index in [4.69, 9.17) is 10.5 Å². The SMILES string of the molecule is COc1ccc(CCC(C)(N)c2ccccc2C)cc1. The molecule has 0 aliphatic carbocycles. The van der Waals surface area contributed by atoms with Crippen LogP contribution in [-0.4, -0.2) is 7.11 Å². The molecule has 2 aromatic rings. The van der Waals surface area contributed by atoms with Gasteiger partial charge in [-0.2, -0.15) is 0 Å². The second-order valence-electron chi connectivity index (χ2n) is 5.58. The van der Waals surface area contributed by atoms with E-state index in [1.165, 1.54) is 16.7 Å². The van der Waals surface area contributed by atoms with E-state index < -0.39 is 0 Å². The van der Waals surface area contributed by atoms with Crippen LogP contribution < -0.4 is 10.5 Å². The highest BCUT2D eigenvalue weighted by atomic mass is 16.5. The van der Waals surface area contributed by atoms with Gasteiger partial charge in [0.25, 0.3) is 0 Å². The third-order valence-corrected chi connectivity index (χ3v) is 3.85. The summed E-state index contributed by atoms with van der Waals surface area (Å²) >= 11 is 0. The molecule has 0 fully saturated rings. The fraction of sp³-hybridized carbons (Fsp3) is 0.333. The zero-order chi connectivity index (χ0) is 14.6. The molecule has 0 spiro atoms. The van der Waals surface area contributed by atoms with Crippen molar-refractivity contribution in [3.63, 3.8) is 0 Å². The monoisotopic (exact) mass is 269 g/mol. The Balaban J connectivity index is 2.07.